The van der Waals surface area contributed by atoms with E-state index < -0.39 is 34.6 Å². The molecule has 0 bridgehead atoms. The number of amides is 2. The molecule has 0 saturated carbocycles. The molecule has 2 aromatic rings. The summed E-state index contributed by atoms with van der Waals surface area (Å²) < 4.78 is 6.10. The fraction of sp³-hybridized carbons (Fsp3) is 0.333. The van der Waals surface area contributed by atoms with Crippen LogP contribution in [-0.4, -0.2) is 29.1 Å². The highest BCUT2D eigenvalue weighted by atomic mass is 127. The van der Waals surface area contributed by atoms with Crippen molar-refractivity contribution in [3.05, 3.63) is 73.3 Å². The van der Waals surface area contributed by atoms with Crippen LogP contribution in [0.4, 0.5) is 10.5 Å². The largest absolute Gasteiger partial charge is 0.444 e. The summed E-state index contributed by atoms with van der Waals surface area (Å²) in [6, 6.07) is 14.6. The zero-order valence-electron chi connectivity index (χ0n) is 16.8. The zero-order chi connectivity index (χ0) is 22.1. The molecular formula is C21H22IN3O5. The number of carbonyl (C=O) groups excluding carboxylic acids is 2. The van der Waals surface area contributed by atoms with Gasteiger partial charge < -0.3 is 9.64 Å². The number of hydrogen-bond acceptors (Lipinski definition) is 5. The number of anilines is 1. The minimum absolute atomic E-state index is 0.225. The second kappa shape index (κ2) is 8.21. The zero-order valence-corrected chi connectivity index (χ0v) is 19.0. The Hall–Kier alpha value is -2.69. The molecule has 1 atom stereocenters. The van der Waals surface area contributed by atoms with Crippen molar-refractivity contribution in [3.8, 4) is 0 Å². The van der Waals surface area contributed by atoms with Gasteiger partial charge >= 0.3 is 6.09 Å². The van der Waals surface area contributed by atoms with Gasteiger partial charge in [0.15, 0.2) is 0 Å². The Kier molecular flexibility index (Phi) is 6.02. The maximum Gasteiger partial charge on any atom is 0.408 e. The second-order valence-corrected chi connectivity index (χ2v) is 9.31. The summed E-state index contributed by atoms with van der Waals surface area (Å²) >= 11 is 2.07. The van der Waals surface area contributed by atoms with Crippen molar-refractivity contribution in [3.63, 3.8) is 0 Å². The van der Waals surface area contributed by atoms with E-state index in [2.05, 4.69) is 27.9 Å². The van der Waals surface area contributed by atoms with Crippen molar-refractivity contribution in [2.45, 2.75) is 38.5 Å². The number of nitro groups is 1. The first-order chi connectivity index (χ1) is 14.0. The van der Waals surface area contributed by atoms with Gasteiger partial charge in [0.2, 0.25) is 12.1 Å². The molecule has 2 amide bonds. The molecule has 158 valence electrons. The van der Waals surface area contributed by atoms with Gasteiger partial charge in [-0.1, -0.05) is 30.3 Å². The van der Waals surface area contributed by atoms with Gasteiger partial charge in [-0.15, -0.1) is 0 Å². The van der Waals surface area contributed by atoms with Crippen molar-refractivity contribution in [1.82, 2.24) is 5.32 Å². The maximum absolute atomic E-state index is 13.6. The third-order valence-electron chi connectivity index (χ3n) is 4.58. The highest BCUT2D eigenvalue weighted by Gasteiger charge is 2.56. The van der Waals surface area contributed by atoms with Crippen LogP contribution in [0.1, 0.15) is 31.9 Å². The lowest BCUT2D eigenvalue weighted by atomic mass is 9.91. The first-order valence-corrected chi connectivity index (χ1v) is 10.4. The number of alkyl carbamates (subject to hydrolysis) is 1. The van der Waals surface area contributed by atoms with Crippen LogP contribution in [0.2, 0.25) is 0 Å². The summed E-state index contributed by atoms with van der Waals surface area (Å²) in [6.45, 7) is 4.48. The van der Waals surface area contributed by atoms with E-state index in [1.54, 1.807) is 32.9 Å². The average molecular weight is 523 g/mol. The molecule has 3 rings (SSSR count). The number of halogens is 1. The Bertz CT molecular complexity index is 990. The third kappa shape index (κ3) is 4.55. The SMILES string of the molecule is CC(C)(C)OC(=O)N[C@]1(C[N+](=O)[O-])C(=O)N(Cc2ccccc2)c2ccc(I)cc21. The van der Waals surface area contributed by atoms with E-state index in [0.717, 1.165) is 9.13 Å². The van der Waals surface area contributed by atoms with Crippen LogP contribution in [0, 0.1) is 13.7 Å². The number of nitrogens with zero attached hydrogens (tertiary/aromatic N) is 2. The van der Waals surface area contributed by atoms with Gasteiger partial charge in [-0.25, -0.2) is 4.79 Å². The van der Waals surface area contributed by atoms with E-state index in [1.807, 2.05) is 36.4 Å². The predicted molar refractivity (Wildman–Crippen MR) is 120 cm³/mol. The molecule has 1 aliphatic heterocycles. The Morgan fingerprint density at radius 2 is 1.90 bits per heavy atom. The monoisotopic (exact) mass is 523 g/mol. The van der Waals surface area contributed by atoms with Crippen LogP contribution < -0.4 is 10.2 Å². The first kappa shape index (κ1) is 22.0. The average Bonchev–Trinajstić information content (AvgIpc) is 2.83. The quantitative estimate of drug-likeness (QED) is 0.365. The van der Waals surface area contributed by atoms with Crippen molar-refractivity contribution >= 4 is 40.3 Å². The molecule has 1 heterocycles. The first-order valence-electron chi connectivity index (χ1n) is 9.31. The van der Waals surface area contributed by atoms with Gasteiger partial charge in [0, 0.05) is 14.1 Å². The molecule has 0 unspecified atom stereocenters. The van der Waals surface area contributed by atoms with Gasteiger partial charge in [-0.3, -0.25) is 20.2 Å². The van der Waals surface area contributed by atoms with Crippen LogP contribution in [0.15, 0.2) is 48.5 Å². The third-order valence-corrected chi connectivity index (χ3v) is 5.25. The molecule has 30 heavy (non-hydrogen) atoms. The molecule has 8 nitrogen and oxygen atoms in total. The van der Waals surface area contributed by atoms with E-state index in [0.29, 0.717) is 11.3 Å². The van der Waals surface area contributed by atoms with Crippen LogP contribution in [0.5, 0.6) is 0 Å². The fourth-order valence-electron chi connectivity index (χ4n) is 3.45. The van der Waals surface area contributed by atoms with E-state index in [4.69, 9.17) is 4.74 Å². The lowest BCUT2D eigenvalue weighted by molar-refractivity contribution is -0.488. The summed E-state index contributed by atoms with van der Waals surface area (Å²) in [5, 5.41) is 14.1. The normalized spacial score (nSPS) is 18.1. The van der Waals surface area contributed by atoms with Gasteiger partial charge in [-0.2, -0.15) is 0 Å². The molecular weight excluding hydrogens is 501 g/mol. The minimum atomic E-state index is -1.85. The molecule has 0 spiro atoms. The summed E-state index contributed by atoms with van der Waals surface area (Å²) in [5.74, 6) is -0.564. The van der Waals surface area contributed by atoms with Gasteiger partial charge in [0.25, 0.3) is 5.91 Å². The minimum Gasteiger partial charge on any atom is -0.444 e. The van der Waals surface area contributed by atoms with Crippen LogP contribution in [0.3, 0.4) is 0 Å². The molecule has 0 aliphatic carbocycles. The molecule has 9 heteroatoms. The van der Waals surface area contributed by atoms with E-state index >= 15 is 0 Å². The standard InChI is InChI=1S/C21H22IN3O5/c1-20(2,3)30-19(27)23-21(13-25(28)29)16-11-15(22)9-10-17(16)24(18(21)26)12-14-7-5-4-6-8-14/h4-11H,12-13H2,1-3H3,(H,23,27)/t21-/m0/s1. The smallest absolute Gasteiger partial charge is 0.408 e. The lowest BCUT2D eigenvalue weighted by Crippen LogP contribution is -2.57. The molecule has 1 aliphatic rings. The summed E-state index contributed by atoms with van der Waals surface area (Å²) in [7, 11) is 0. The molecule has 0 radical (unpaired) electrons. The lowest BCUT2D eigenvalue weighted by Gasteiger charge is -2.28. The Balaban J connectivity index is 2.09. The Labute approximate surface area is 187 Å². The summed E-state index contributed by atoms with van der Waals surface area (Å²) in [5.41, 5.74) is -0.888. The van der Waals surface area contributed by atoms with Crippen molar-refractivity contribution in [2.75, 3.05) is 11.4 Å². The van der Waals surface area contributed by atoms with Crippen LogP contribution in [-0.2, 0) is 21.6 Å². The molecule has 0 fully saturated rings. The number of ether oxygens (including phenoxy) is 1. The molecule has 1 N–H and O–H groups in total. The fourth-order valence-corrected chi connectivity index (χ4v) is 3.94. The number of hydrogen-bond donors (Lipinski definition) is 1. The van der Waals surface area contributed by atoms with Crippen molar-refractivity contribution < 1.29 is 19.2 Å². The summed E-state index contributed by atoms with van der Waals surface area (Å²) in [4.78, 5) is 38.6. The molecule has 0 aromatic heterocycles. The second-order valence-electron chi connectivity index (χ2n) is 8.06. The van der Waals surface area contributed by atoms with Gasteiger partial charge in [0.1, 0.15) is 5.60 Å². The maximum atomic E-state index is 13.6. The molecule has 0 saturated heterocycles. The Morgan fingerprint density at radius 3 is 2.50 bits per heavy atom. The predicted octanol–water partition coefficient (Wildman–Crippen LogP) is 3.83. The summed E-state index contributed by atoms with van der Waals surface area (Å²) in [6.07, 6.45) is -0.885. The number of rotatable bonds is 5. The van der Waals surface area contributed by atoms with E-state index in [9.17, 15) is 19.7 Å². The van der Waals surface area contributed by atoms with Crippen molar-refractivity contribution in [2.24, 2.45) is 0 Å². The number of fused-ring (bicyclic) bond motifs is 1. The number of nitrogens with one attached hydrogen (secondary N) is 1. The van der Waals surface area contributed by atoms with E-state index in [1.165, 1.54) is 4.90 Å². The van der Waals surface area contributed by atoms with Gasteiger partial charge in [-0.05, 0) is 67.1 Å². The highest BCUT2D eigenvalue weighted by molar-refractivity contribution is 14.1. The van der Waals surface area contributed by atoms with E-state index in [-0.39, 0.29) is 6.54 Å². The topological polar surface area (TPSA) is 102 Å². The van der Waals surface area contributed by atoms with Gasteiger partial charge in [0.05, 0.1) is 12.2 Å². The van der Waals surface area contributed by atoms with Crippen molar-refractivity contribution in [1.29, 1.82) is 0 Å². The number of carbonyl (C=O) groups is 2. The van der Waals surface area contributed by atoms with Crippen LogP contribution in [0.25, 0.3) is 0 Å². The Morgan fingerprint density at radius 1 is 1.23 bits per heavy atom. The number of benzene rings is 2. The van der Waals surface area contributed by atoms with Crippen LogP contribution >= 0.6 is 22.6 Å². The highest BCUT2D eigenvalue weighted by Crippen LogP contribution is 2.42. The molecule has 2 aromatic carbocycles.